The van der Waals surface area contributed by atoms with E-state index in [1.165, 1.54) is 20.3 Å². The molecule has 3 heterocycles. The first-order valence-electron chi connectivity index (χ1n) is 11.2. The molecule has 0 aliphatic carbocycles. The van der Waals surface area contributed by atoms with Gasteiger partial charge in [0.2, 0.25) is 0 Å². The third kappa shape index (κ3) is 5.18. The average Bonchev–Trinajstić information content (AvgIpc) is 3.28. The molecule has 4 rings (SSSR count). The highest BCUT2D eigenvalue weighted by atomic mass is 31.0. The summed E-state index contributed by atoms with van der Waals surface area (Å²) in [5.74, 6) is -0.0563. The summed E-state index contributed by atoms with van der Waals surface area (Å²) in [6, 6.07) is 5.45. The monoisotopic (exact) mass is 497 g/mol. The fraction of sp³-hybridized carbons (Fsp3) is 0.333. The number of benzene rings is 1. The van der Waals surface area contributed by atoms with Crippen molar-refractivity contribution in [3.63, 3.8) is 0 Å². The predicted molar refractivity (Wildman–Crippen MR) is 137 cm³/mol. The minimum Gasteiger partial charge on any atom is -0.496 e. The molecule has 9 nitrogen and oxygen atoms in total. The normalized spacial score (nSPS) is 12.1. The molecule has 1 N–H and O–H groups in total. The van der Waals surface area contributed by atoms with Crippen LogP contribution in [-0.4, -0.2) is 51.1 Å². The Balaban J connectivity index is 1.96. The van der Waals surface area contributed by atoms with Gasteiger partial charge in [-0.2, -0.15) is 5.10 Å². The first-order chi connectivity index (χ1) is 16.8. The lowest BCUT2D eigenvalue weighted by Crippen LogP contribution is -2.31. The summed E-state index contributed by atoms with van der Waals surface area (Å²) in [7, 11) is 7.29. The Morgan fingerprint density at radius 1 is 1.17 bits per heavy atom. The Morgan fingerprint density at radius 3 is 2.60 bits per heavy atom. The third-order valence-electron chi connectivity index (χ3n) is 5.47. The Morgan fingerprint density at radius 2 is 1.94 bits per heavy atom. The number of nitrogens with one attached hydrogen (secondary N) is 1. The number of nitrogens with zero attached hydrogens (tertiary/aromatic N) is 6. The molecular formula is C24H29FN7O2P. The van der Waals surface area contributed by atoms with Gasteiger partial charge in [-0.25, -0.2) is 14.4 Å². The average molecular weight is 498 g/mol. The molecule has 1 atom stereocenters. The van der Waals surface area contributed by atoms with E-state index in [2.05, 4.69) is 38.5 Å². The van der Waals surface area contributed by atoms with Crippen LogP contribution in [0.2, 0.25) is 0 Å². The zero-order chi connectivity index (χ0) is 25.1. The summed E-state index contributed by atoms with van der Waals surface area (Å²) in [6.07, 6.45) is 5.35. The van der Waals surface area contributed by atoms with Crippen LogP contribution in [0.4, 0.5) is 10.1 Å². The van der Waals surface area contributed by atoms with Gasteiger partial charge in [-0.15, -0.1) is 0 Å². The zero-order valence-corrected chi connectivity index (χ0v) is 21.6. The number of hydrogen-bond donors (Lipinski definition) is 1. The van der Waals surface area contributed by atoms with Gasteiger partial charge in [0.05, 0.1) is 32.3 Å². The number of aryl methyl sites for hydroxylation is 1. The van der Waals surface area contributed by atoms with Crippen LogP contribution >= 0.6 is 9.24 Å². The number of ether oxygens (including phenoxy) is 2. The Hall–Kier alpha value is -3.36. The number of methoxy groups -OCH3 is 2. The molecule has 0 spiro atoms. The number of pyridine rings is 1. The molecule has 35 heavy (non-hydrogen) atoms. The maximum Gasteiger partial charge on any atom is 0.191 e. The van der Waals surface area contributed by atoms with Crippen LogP contribution in [0.15, 0.2) is 41.8 Å². The van der Waals surface area contributed by atoms with Gasteiger partial charge in [-0.3, -0.25) is 9.67 Å². The molecule has 0 fully saturated rings. The number of rotatable bonds is 8. The van der Waals surface area contributed by atoms with Crippen molar-refractivity contribution in [2.75, 3.05) is 20.8 Å². The molecule has 0 aliphatic heterocycles. The summed E-state index contributed by atoms with van der Waals surface area (Å²) >= 11 is 0. The van der Waals surface area contributed by atoms with Crippen molar-refractivity contribution >= 4 is 31.4 Å². The van der Waals surface area contributed by atoms with E-state index in [4.69, 9.17) is 19.5 Å². The van der Waals surface area contributed by atoms with E-state index in [1.807, 2.05) is 29.9 Å². The van der Waals surface area contributed by atoms with Gasteiger partial charge >= 0.3 is 0 Å². The second kappa shape index (κ2) is 10.5. The maximum atomic E-state index is 15.3. The van der Waals surface area contributed by atoms with Crippen LogP contribution in [0.25, 0.3) is 22.4 Å². The molecule has 0 amide bonds. The van der Waals surface area contributed by atoms with Gasteiger partial charge in [-0.1, -0.05) is 23.1 Å². The highest BCUT2D eigenvalue weighted by Crippen LogP contribution is 2.32. The highest BCUT2D eigenvalue weighted by molar-refractivity contribution is 7.28. The van der Waals surface area contributed by atoms with Gasteiger partial charge < -0.3 is 19.4 Å². The molecule has 0 bridgehead atoms. The molecule has 0 saturated heterocycles. The van der Waals surface area contributed by atoms with E-state index in [0.29, 0.717) is 52.5 Å². The lowest BCUT2D eigenvalue weighted by molar-refractivity contribution is 0.376. The Kier molecular flexibility index (Phi) is 7.42. The maximum absolute atomic E-state index is 15.3. The highest BCUT2D eigenvalue weighted by Gasteiger charge is 2.17. The van der Waals surface area contributed by atoms with Crippen molar-refractivity contribution in [2.24, 2.45) is 12.0 Å². The van der Waals surface area contributed by atoms with E-state index in [1.54, 1.807) is 17.1 Å². The first kappa shape index (κ1) is 24.8. The van der Waals surface area contributed by atoms with Crippen LogP contribution in [0.3, 0.4) is 0 Å². The van der Waals surface area contributed by atoms with Crippen LogP contribution in [0.1, 0.15) is 13.8 Å². The topological polar surface area (TPSA) is 91.4 Å². The summed E-state index contributed by atoms with van der Waals surface area (Å²) < 4.78 is 29.5. The third-order valence-corrected chi connectivity index (χ3v) is 6.02. The minimum absolute atomic E-state index is 0.0549. The zero-order valence-electron chi connectivity index (χ0n) is 20.4. The van der Waals surface area contributed by atoms with E-state index >= 15 is 4.39 Å². The van der Waals surface area contributed by atoms with Crippen molar-refractivity contribution in [3.8, 4) is 22.8 Å². The number of fused-ring (bicyclic) bond motifs is 1. The van der Waals surface area contributed by atoms with E-state index in [9.17, 15) is 0 Å². The quantitative estimate of drug-likeness (QED) is 0.377. The summed E-state index contributed by atoms with van der Waals surface area (Å²) in [4.78, 5) is 14.2. The number of hydrogen-bond acceptors (Lipinski definition) is 7. The van der Waals surface area contributed by atoms with E-state index in [0.717, 1.165) is 5.56 Å². The van der Waals surface area contributed by atoms with Crippen LogP contribution in [0.5, 0.6) is 11.5 Å². The smallest absolute Gasteiger partial charge is 0.191 e. The molecule has 0 aliphatic rings. The second-order valence-corrected chi connectivity index (χ2v) is 8.87. The molecule has 1 unspecified atom stereocenters. The molecule has 0 radical (unpaired) electrons. The van der Waals surface area contributed by atoms with Gasteiger partial charge in [-0.05, 0) is 12.1 Å². The van der Waals surface area contributed by atoms with Gasteiger partial charge in [0.1, 0.15) is 22.4 Å². The van der Waals surface area contributed by atoms with Crippen molar-refractivity contribution in [1.29, 1.82) is 0 Å². The summed E-state index contributed by atoms with van der Waals surface area (Å²) in [5.41, 5.74) is 3.53. The van der Waals surface area contributed by atoms with Gasteiger partial charge in [0, 0.05) is 49.3 Å². The molecular weight excluding hydrogens is 468 g/mol. The van der Waals surface area contributed by atoms with E-state index < -0.39 is 5.82 Å². The summed E-state index contributed by atoms with van der Waals surface area (Å²) in [6.45, 7) is 5.38. The molecule has 3 aromatic heterocycles. The lowest BCUT2D eigenvalue weighted by Gasteiger charge is -2.15. The molecule has 4 aromatic rings. The van der Waals surface area contributed by atoms with Crippen molar-refractivity contribution in [2.45, 2.75) is 26.4 Å². The van der Waals surface area contributed by atoms with Crippen LogP contribution in [0, 0.1) is 5.82 Å². The number of halogens is 1. The van der Waals surface area contributed by atoms with Crippen molar-refractivity contribution < 1.29 is 13.9 Å². The predicted octanol–water partition coefficient (Wildman–Crippen LogP) is 2.72. The molecule has 11 heteroatoms. The Bertz CT molecular complexity index is 1400. The van der Waals surface area contributed by atoms with Crippen LogP contribution in [-0.2, 0) is 13.6 Å². The molecule has 0 saturated carbocycles. The first-order valence-corrected chi connectivity index (χ1v) is 11.7. The SMILES string of the molecule is COc1cc(OC)c(P)c(N=c2ccc3ncc(-c4cnn(C)c4)nc3n2CCNC(C)C)c1F. The van der Waals surface area contributed by atoms with Crippen molar-refractivity contribution in [1.82, 2.24) is 29.6 Å². The second-order valence-electron chi connectivity index (χ2n) is 8.29. The number of aromatic nitrogens is 5. The van der Waals surface area contributed by atoms with E-state index in [-0.39, 0.29) is 11.4 Å². The van der Waals surface area contributed by atoms with Crippen molar-refractivity contribution in [3.05, 3.63) is 48.1 Å². The van der Waals surface area contributed by atoms with Crippen LogP contribution < -0.4 is 25.6 Å². The van der Waals surface area contributed by atoms with Gasteiger partial charge in [0.25, 0.3) is 0 Å². The lowest BCUT2D eigenvalue weighted by atomic mass is 10.2. The Labute approximate surface area is 205 Å². The molecule has 184 valence electrons. The minimum atomic E-state index is -0.569. The fourth-order valence-corrected chi connectivity index (χ4v) is 4.08. The largest absolute Gasteiger partial charge is 0.496 e. The standard InChI is InChI=1S/C24H29FN7O2P/c1-14(2)26-8-9-32-20(30-22-21(25)18(33-4)10-19(34-5)23(22)35)7-6-16-24(32)29-17(12-27-16)15-11-28-31(3)13-15/h6-7,10-14,26H,8-9,35H2,1-5H3. The van der Waals surface area contributed by atoms with Gasteiger partial charge in [0.15, 0.2) is 17.2 Å². The fourth-order valence-electron chi connectivity index (χ4n) is 3.69. The molecule has 1 aromatic carbocycles. The summed E-state index contributed by atoms with van der Waals surface area (Å²) in [5, 5.41) is 8.15.